The van der Waals surface area contributed by atoms with Crippen molar-refractivity contribution in [3.05, 3.63) is 75.9 Å². The third kappa shape index (κ3) is 4.61. The number of anilines is 2. The lowest BCUT2D eigenvalue weighted by Crippen LogP contribution is -2.16. The number of benzene rings is 2. The first kappa shape index (κ1) is 23.3. The van der Waals surface area contributed by atoms with E-state index in [1.54, 1.807) is 32.2 Å². The molecule has 0 aliphatic heterocycles. The van der Waals surface area contributed by atoms with Gasteiger partial charge in [0.1, 0.15) is 11.4 Å². The first-order valence-corrected chi connectivity index (χ1v) is 11.3. The highest BCUT2D eigenvalue weighted by Gasteiger charge is 2.22. The van der Waals surface area contributed by atoms with Crippen molar-refractivity contribution in [1.29, 1.82) is 0 Å². The second-order valence-electron chi connectivity index (χ2n) is 7.57. The minimum atomic E-state index is -0.292. The molecular weight excluding hydrogens is 452 g/mol. The number of nitrogens with zero attached hydrogens (tertiary/aromatic N) is 2. The summed E-state index contributed by atoms with van der Waals surface area (Å²) in [7, 11) is 3.10. The Bertz CT molecular complexity index is 1370. The van der Waals surface area contributed by atoms with Gasteiger partial charge in [-0.1, -0.05) is 24.3 Å². The molecule has 4 rings (SSSR count). The summed E-state index contributed by atoms with van der Waals surface area (Å²) >= 11 is 1.26. The van der Waals surface area contributed by atoms with Gasteiger partial charge < -0.3 is 20.1 Å². The van der Waals surface area contributed by atoms with Crippen LogP contribution in [0.4, 0.5) is 11.4 Å². The van der Waals surface area contributed by atoms with Gasteiger partial charge >= 0.3 is 0 Å². The molecule has 0 atom stereocenters. The summed E-state index contributed by atoms with van der Waals surface area (Å²) in [4.78, 5) is 36.1. The van der Waals surface area contributed by atoms with Crippen LogP contribution in [0.25, 0.3) is 10.2 Å². The van der Waals surface area contributed by atoms with Gasteiger partial charge in [0.15, 0.2) is 5.82 Å². The Labute approximate surface area is 201 Å². The predicted octanol–water partition coefficient (Wildman–Crippen LogP) is 4.97. The Hall–Kier alpha value is -3.82. The maximum Gasteiger partial charge on any atom is 0.266 e. The Morgan fingerprint density at radius 1 is 0.912 bits per heavy atom. The molecule has 0 radical (unpaired) electrons. The average Bonchev–Trinajstić information content (AvgIpc) is 3.17. The summed E-state index contributed by atoms with van der Waals surface area (Å²) in [5.74, 6) is 0.344. The molecule has 8 nitrogen and oxygen atoms in total. The molecule has 2 N–H and O–H groups in total. The van der Waals surface area contributed by atoms with Crippen molar-refractivity contribution in [2.75, 3.05) is 24.9 Å². The molecule has 0 aliphatic carbocycles. The summed E-state index contributed by atoms with van der Waals surface area (Å²) in [6, 6.07) is 14.5. The first-order chi connectivity index (χ1) is 16.4. The molecule has 0 aliphatic rings. The summed E-state index contributed by atoms with van der Waals surface area (Å²) in [6.45, 7) is 3.88. The number of carbonyl (C=O) groups is 2. The molecule has 0 saturated carbocycles. The van der Waals surface area contributed by atoms with Crippen LogP contribution < -0.4 is 15.4 Å². The third-order valence-corrected chi connectivity index (χ3v) is 6.52. The number of methoxy groups -OCH3 is 2. The lowest BCUT2D eigenvalue weighted by Gasteiger charge is -2.13. The van der Waals surface area contributed by atoms with E-state index in [0.717, 1.165) is 5.56 Å². The number of hydrogen-bond acceptors (Lipinski definition) is 7. The van der Waals surface area contributed by atoms with Gasteiger partial charge in [-0.15, -0.1) is 11.3 Å². The number of thiophene rings is 1. The fourth-order valence-corrected chi connectivity index (χ4v) is 4.70. The Kier molecular flexibility index (Phi) is 6.85. The number of aromatic nitrogens is 2. The molecule has 2 aromatic carbocycles. The highest BCUT2D eigenvalue weighted by molar-refractivity contribution is 7.20. The second-order valence-corrected chi connectivity index (χ2v) is 8.57. The van der Waals surface area contributed by atoms with E-state index >= 15 is 0 Å². The van der Waals surface area contributed by atoms with Crippen molar-refractivity contribution in [3.63, 3.8) is 0 Å². The van der Waals surface area contributed by atoms with Gasteiger partial charge in [-0.25, -0.2) is 4.98 Å². The maximum absolute atomic E-state index is 13.2. The minimum absolute atomic E-state index is 0.238. The van der Waals surface area contributed by atoms with Crippen LogP contribution in [0, 0.1) is 13.8 Å². The maximum atomic E-state index is 13.2. The molecular formula is C25H24N4O4S. The molecule has 0 fully saturated rings. The number of rotatable bonds is 7. The molecule has 0 bridgehead atoms. The van der Waals surface area contributed by atoms with Crippen LogP contribution in [0.3, 0.4) is 0 Å². The van der Waals surface area contributed by atoms with E-state index in [-0.39, 0.29) is 18.4 Å². The van der Waals surface area contributed by atoms with Gasteiger partial charge in [0.2, 0.25) is 5.88 Å². The van der Waals surface area contributed by atoms with Crippen molar-refractivity contribution in [1.82, 2.24) is 9.97 Å². The minimum Gasteiger partial charge on any atom is -0.480 e. The van der Waals surface area contributed by atoms with Crippen molar-refractivity contribution < 1.29 is 19.1 Å². The average molecular weight is 477 g/mol. The predicted molar refractivity (Wildman–Crippen MR) is 133 cm³/mol. The van der Waals surface area contributed by atoms with E-state index in [1.165, 1.54) is 18.4 Å². The number of aryl methyl sites for hydroxylation is 1. The zero-order valence-corrected chi connectivity index (χ0v) is 20.1. The summed E-state index contributed by atoms with van der Waals surface area (Å²) in [5, 5.41) is 6.52. The number of hydrogen-bond donors (Lipinski definition) is 2. The van der Waals surface area contributed by atoms with Crippen LogP contribution in [0.5, 0.6) is 5.88 Å². The highest BCUT2D eigenvalue weighted by atomic mass is 32.1. The zero-order chi connectivity index (χ0) is 24.2. The van der Waals surface area contributed by atoms with E-state index < -0.39 is 0 Å². The highest BCUT2D eigenvalue weighted by Crippen LogP contribution is 2.35. The van der Waals surface area contributed by atoms with Crippen LogP contribution >= 0.6 is 11.3 Å². The number of para-hydroxylation sites is 1. The number of carbonyl (C=O) groups excluding carboxylic acids is 2. The van der Waals surface area contributed by atoms with Gasteiger partial charge in [0.25, 0.3) is 11.8 Å². The Morgan fingerprint density at radius 3 is 2.38 bits per heavy atom. The molecule has 0 unspecified atom stereocenters. The van der Waals surface area contributed by atoms with Crippen molar-refractivity contribution in [2.45, 2.75) is 20.5 Å². The van der Waals surface area contributed by atoms with Crippen LogP contribution in [0.1, 0.15) is 37.0 Å². The van der Waals surface area contributed by atoms with Gasteiger partial charge in [0, 0.05) is 24.0 Å². The Morgan fingerprint density at radius 2 is 1.68 bits per heavy atom. The lowest BCUT2D eigenvalue weighted by atomic mass is 10.1. The fraction of sp³-hybridized carbons (Fsp3) is 0.200. The Balaban J connectivity index is 1.62. The fourth-order valence-electron chi connectivity index (χ4n) is 3.62. The third-order valence-electron chi connectivity index (χ3n) is 5.33. The quantitative estimate of drug-likeness (QED) is 0.391. The van der Waals surface area contributed by atoms with Crippen LogP contribution in [-0.4, -0.2) is 36.0 Å². The number of fused-ring (bicyclic) bond motifs is 1. The lowest BCUT2D eigenvalue weighted by molar-refractivity contribution is 0.101. The van der Waals surface area contributed by atoms with Gasteiger partial charge in [0.05, 0.1) is 17.4 Å². The number of nitrogens with one attached hydrogen (secondary N) is 2. The largest absolute Gasteiger partial charge is 0.480 e. The van der Waals surface area contributed by atoms with E-state index in [2.05, 4.69) is 20.6 Å². The first-order valence-electron chi connectivity index (χ1n) is 10.5. The van der Waals surface area contributed by atoms with Gasteiger partial charge in [-0.3, -0.25) is 9.59 Å². The van der Waals surface area contributed by atoms with E-state index in [1.807, 2.05) is 37.3 Å². The van der Waals surface area contributed by atoms with E-state index in [4.69, 9.17) is 9.47 Å². The van der Waals surface area contributed by atoms with Gasteiger partial charge in [-0.05, 0) is 49.2 Å². The van der Waals surface area contributed by atoms with Crippen LogP contribution in [0.2, 0.25) is 0 Å². The van der Waals surface area contributed by atoms with Crippen molar-refractivity contribution >= 4 is 44.7 Å². The zero-order valence-electron chi connectivity index (χ0n) is 19.3. The number of ether oxygens (including phenoxy) is 2. The number of amides is 2. The van der Waals surface area contributed by atoms with Crippen LogP contribution in [-0.2, 0) is 11.3 Å². The van der Waals surface area contributed by atoms with Gasteiger partial charge in [-0.2, -0.15) is 4.98 Å². The molecule has 0 saturated heterocycles. The van der Waals surface area contributed by atoms with E-state index in [9.17, 15) is 9.59 Å². The normalized spacial score (nSPS) is 10.8. The monoisotopic (exact) mass is 476 g/mol. The molecule has 34 heavy (non-hydrogen) atoms. The van der Waals surface area contributed by atoms with Crippen molar-refractivity contribution in [3.8, 4) is 5.88 Å². The molecule has 174 valence electrons. The topological polar surface area (TPSA) is 102 Å². The summed E-state index contributed by atoms with van der Waals surface area (Å²) < 4.78 is 10.6. The molecule has 9 heteroatoms. The molecule has 4 aromatic rings. The molecule has 2 heterocycles. The van der Waals surface area contributed by atoms with Crippen molar-refractivity contribution in [2.24, 2.45) is 0 Å². The molecule has 2 aromatic heterocycles. The summed E-state index contributed by atoms with van der Waals surface area (Å²) in [6.07, 6.45) is 0. The molecule has 2 amide bonds. The smallest absolute Gasteiger partial charge is 0.266 e. The van der Waals surface area contributed by atoms with Crippen LogP contribution in [0.15, 0.2) is 48.5 Å². The SMILES string of the molecule is COCc1nc(OC)c2c(C)c(C(=O)Nc3cccc(C(=O)Nc4ccccc4)c3C)sc2n1. The summed E-state index contributed by atoms with van der Waals surface area (Å²) in [5.41, 5.74) is 3.13. The standard InChI is InChI=1S/C25H24N4O4S/c1-14-17(22(30)26-16-9-6-5-7-10-16)11-8-12-18(14)27-23(31)21-15(2)20-24(33-4)28-19(13-32-3)29-25(20)34-21/h5-12H,13H2,1-4H3,(H,26,30)(H,27,31). The molecule has 0 spiro atoms. The van der Waals surface area contributed by atoms with E-state index in [0.29, 0.717) is 49.3 Å². The second kappa shape index (κ2) is 9.98.